The third-order valence-corrected chi connectivity index (χ3v) is 4.30. The van der Waals surface area contributed by atoms with Gasteiger partial charge in [-0.05, 0) is 34.5 Å². The van der Waals surface area contributed by atoms with Crippen LogP contribution in [0.5, 0.6) is 0 Å². The predicted molar refractivity (Wildman–Crippen MR) is 68.1 cm³/mol. The summed E-state index contributed by atoms with van der Waals surface area (Å²) in [6.45, 7) is 0. The van der Waals surface area contributed by atoms with E-state index in [-0.39, 0.29) is 6.42 Å². The van der Waals surface area contributed by atoms with Crippen LogP contribution in [-0.4, -0.2) is 18.0 Å². The summed E-state index contributed by atoms with van der Waals surface area (Å²) in [5, 5.41) is 0. The fourth-order valence-corrected chi connectivity index (χ4v) is 2.76. The van der Waals surface area contributed by atoms with Crippen LogP contribution in [0.3, 0.4) is 0 Å². The lowest BCUT2D eigenvalue weighted by atomic mass is 10.2. The Morgan fingerprint density at radius 3 is 2.53 bits per heavy atom. The maximum atomic E-state index is 12.0. The minimum Gasteiger partial charge on any atom is -0.327 e. The van der Waals surface area contributed by atoms with Crippen molar-refractivity contribution in [1.82, 2.24) is 0 Å². The van der Waals surface area contributed by atoms with Gasteiger partial charge in [0.15, 0.2) is 0 Å². The van der Waals surface area contributed by atoms with Gasteiger partial charge in [-0.1, -0.05) is 12.1 Å². The lowest BCUT2D eigenvalue weighted by Gasteiger charge is -2.13. The Morgan fingerprint density at radius 2 is 1.94 bits per heavy atom. The molecule has 0 bridgehead atoms. The van der Waals surface area contributed by atoms with Gasteiger partial charge in [-0.2, -0.15) is 13.2 Å². The molecule has 6 heteroatoms. The van der Waals surface area contributed by atoms with Gasteiger partial charge in [0.05, 0.1) is 0 Å². The first-order valence-corrected chi connectivity index (χ1v) is 6.86. The summed E-state index contributed by atoms with van der Waals surface area (Å²) in [6, 6.07) is 7.13. The van der Waals surface area contributed by atoms with E-state index in [1.807, 2.05) is 24.3 Å². The molecule has 0 spiro atoms. The first-order valence-electron chi connectivity index (χ1n) is 5.08. The van der Waals surface area contributed by atoms with Crippen LogP contribution in [0.25, 0.3) is 0 Å². The van der Waals surface area contributed by atoms with Crippen LogP contribution in [0, 0.1) is 0 Å². The summed E-state index contributed by atoms with van der Waals surface area (Å²) in [5.41, 5.74) is 5.64. The molecule has 0 aromatic heterocycles. The summed E-state index contributed by atoms with van der Waals surface area (Å²) < 4.78 is 36.9. The molecule has 2 N–H and O–H groups in total. The fraction of sp³-hybridized carbons (Fsp3) is 0.455. The number of hydrogen-bond acceptors (Lipinski definition) is 2. The Morgan fingerprint density at radius 1 is 1.29 bits per heavy atom. The van der Waals surface area contributed by atoms with E-state index in [0.29, 0.717) is 5.75 Å². The molecule has 0 amide bonds. The number of halogens is 4. The van der Waals surface area contributed by atoms with Crippen molar-refractivity contribution in [1.29, 1.82) is 0 Å². The molecule has 1 nitrogen and oxygen atoms in total. The number of benzene rings is 1. The molecule has 17 heavy (non-hydrogen) atoms. The molecule has 0 saturated heterocycles. The summed E-state index contributed by atoms with van der Waals surface area (Å²) in [4.78, 5) is 0.995. The second kappa shape index (κ2) is 6.66. The second-order valence-electron chi connectivity index (χ2n) is 3.66. The van der Waals surface area contributed by atoms with Gasteiger partial charge in [0.2, 0.25) is 0 Å². The third-order valence-electron chi connectivity index (χ3n) is 2.09. The van der Waals surface area contributed by atoms with Crippen molar-refractivity contribution in [3.05, 3.63) is 28.7 Å². The monoisotopic (exact) mass is 327 g/mol. The zero-order valence-electron chi connectivity index (χ0n) is 9.01. The molecular weight excluding hydrogens is 315 g/mol. The van der Waals surface area contributed by atoms with E-state index < -0.39 is 18.6 Å². The molecule has 0 aliphatic heterocycles. The number of rotatable bonds is 5. The number of thioether (sulfide) groups is 1. The number of alkyl halides is 3. The average Bonchev–Trinajstić information content (AvgIpc) is 2.24. The lowest BCUT2D eigenvalue weighted by Crippen LogP contribution is -2.25. The van der Waals surface area contributed by atoms with Crippen LogP contribution in [0.15, 0.2) is 33.6 Å². The van der Waals surface area contributed by atoms with E-state index in [9.17, 15) is 13.2 Å². The molecule has 0 aliphatic carbocycles. The molecule has 0 fully saturated rings. The summed E-state index contributed by atoms with van der Waals surface area (Å²) >= 11 is 4.84. The molecule has 0 saturated carbocycles. The van der Waals surface area contributed by atoms with E-state index in [1.165, 1.54) is 11.8 Å². The Balaban J connectivity index is 2.34. The molecule has 1 aromatic rings. The topological polar surface area (TPSA) is 26.0 Å². The molecule has 1 unspecified atom stereocenters. The van der Waals surface area contributed by atoms with Crippen molar-refractivity contribution >= 4 is 27.7 Å². The zero-order chi connectivity index (χ0) is 12.9. The third kappa shape index (κ3) is 6.33. The van der Waals surface area contributed by atoms with Gasteiger partial charge in [0.25, 0.3) is 0 Å². The van der Waals surface area contributed by atoms with Crippen LogP contribution in [0.1, 0.15) is 12.8 Å². The van der Waals surface area contributed by atoms with Crippen molar-refractivity contribution in [3.63, 3.8) is 0 Å². The van der Waals surface area contributed by atoms with Gasteiger partial charge >= 0.3 is 6.18 Å². The highest BCUT2D eigenvalue weighted by Gasteiger charge is 2.27. The average molecular weight is 328 g/mol. The van der Waals surface area contributed by atoms with Crippen LogP contribution < -0.4 is 5.73 Å². The normalized spacial score (nSPS) is 13.7. The molecule has 0 heterocycles. The molecular formula is C11H13BrF3NS. The predicted octanol–water partition coefficient (Wildman–Crippen LogP) is 4.21. The van der Waals surface area contributed by atoms with Crippen molar-refractivity contribution in [2.75, 3.05) is 5.75 Å². The molecule has 1 atom stereocenters. The van der Waals surface area contributed by atoms with E-state index in [2.05, 4.69) is 15.9 Å². The molecule has 0 radical (unpaired) electrons. The van der Waals surface area contributed by atoms with E-state index in [1.54, 1.807) is 0 Å². The zero-order valence-corrected chi connectivity index (χ0v) is 11.4. The van der Waals surface area contributed by atoms with Crippen molar-refractivity contribution in [3.8, 4) is 0 Å². The Hall–Kier alpha value is -0.200. The van der Waals surface area contributed by atoms with Crippen LogP contribution in [0.4, 0.5) is 13.2 Å². The Labute approximate surface area is 111 Å². The molecule has 0 aliphatic rings. The molecule has 1 aromatic carbocycles. The highest BCUT2D eigenvalue weighted by Crippen LogP contribution is 2.28. The maximum Gasteiger partial charge on any atom is 0.389 e. The van der Waals surface area contributed by atoms with Gasteiger partial charge in [0.1, 0.15) is 0 Å². The van der Waals surface area contributed by atoms with Crippen LogP contribution in [-0.2, 0) is 0 Å². The lowest BCUT2D eigenvalue weighted by molar-refractivity contribution is -0.136. The van der Waals surface area contributed by atoms with E-state index in [0.717, 1.165) is 9.37 Å². The minimum atomic E-state index is -4.12. The largest absolute Gasteiger partial charge is 0.389 e. The van der Waals surface area contributed by atoms with Crippen LogP contribution >= 0.6 is 27.7 Å². The summed E-state index contributed by atoms with van der Waals surface area (Å²) in [7, 11) is 0. The quantitative estimate of drug-likeness (QED) is 0.820. The Bertz CT molecular complexity index is 357. The SMILES string of the molecule is NC(CCC(F)(F)F)CSc1ccccc1Br. The second-order valence-corrected chi connectivity index (χ2v) is 5.57. The number of hydrogen-bond donors (Lipinski definition) is 1. The maximum absolute atomic E-state index is 12.0. The Kier molecular flexibility index (Phi) is 5.82. The van der Waals surface area contributed by atoms with Crippen LogP contribution in [0.2, 0.25) is 0 Å². The number of nitrogens with two attached hydrogens (primary N) is 1. The summed E-state index contributed by atoms with van der Waals surface area (Å²) in [5.74, 6) is 0.485. The van der Waals surface area contributed by atoms with Gasteiger partial charge in [0, 0.05) is 27.6 Å². The highest BCUT2D eigenvalue weighted by molar-refractivity contribution is 9.10. The fourth-order valence-electron chi connectivity index (χ4n) is 1.19. The van der Waals surface area contributed by atoms with Crippen molar-refractivity contribution in [2.24, 2.45) is 5.73 Å². The minimum absolute atomic E-state index is 0.0268. The van der Waals surface area contributed by atoms with Gasteiger partial charge < -0.3 is 5.73 Å². The molecule has 1 rings (SSSR count). The van der Waals surface area contributed by atoms with Gasteiger partial charge in [-0.3, -0.25) is 0 Å². The first kappa shape index (κ1) is 14.9. The van der Waals surface area contributed by atoms with Crippen molar-refractivity contribution < 1.29 is 13.2 Å². The first-order chi connectivity index (χ1) is 7.88. The van der Waals surface area contributed by atoms with Crippen molar-refractivity contribution in [2.45, 2.75) is 30.0 Å². The smallest absolute Gasteiger partial charge is 0.327 e. The van der Waals surface area contributed by atoms with Gasteiger partial charge in [-0.15, -0.1) is 11.8 Å². The van der Waals surface area contributed by atoms with E-state index in [4.69, 9.17) is 5.73 Å². The highest BCUT2D eigenvalue weighted by atomic mass is 79.9. The van der Waals surface area contributed by atoms with Gasteiger partial charge in [-0.25, -0.2) is 0 Å². The standard InChI is InChI=1S/C11H13BrF3NS/c12-9-3-1-2-4-10(9)17-7-8(16)5-6-11(13,14)15/h1-4,8H,5-7,16H2. The van der Waals surface area contributed by atoms with E-state index >= 15 is 0 Å². The summed E-state index contributed by atoms with van der Waals surface area (Å²) in [6.07, 6.45) is -4.96. The molecule has 96 valence electrons.